The highest BCUT2D eigenvalue weighted by Gasteiger charge is 2.13. The summed E-state index contributed by atoms with van der Waals surface area (Å²) in [5, 5.41) is 5.47. The van der Waals surface area contributed by atoms with Gasteiger partial charge in [-0.1, -0.05) is 24.3 Å². The van der Waals surface area contributed by atoms with E-state index in [0.717, 1.165) is 22.5 Å². The van der Waals surface area contributed by atoms with Crippen molar-refractivity contribution in [2.24, 2.45) is 0 Å². The van der Waals surface area contributed by atoms with E-state index in [1.54, 1.807) is 20.1 Å². The van der Waals surface area contributed by atoms with Crippen LogP contribution in [-0.4, -0.2) is 33.6 Å². The maximum absolute atomic E-state index is 12.8. The van der Waals surface area contributed by atoms with Crippen LogP contribution in [-0.2, 0) is 24.4 Å². The predicted molar refractivity (Wildman–Crippen MR) is 131 cm³/mol. The zero-order valence-corrected chi connectivity index (χ0v) is 20.1. The molecule has 0 aliphatic heterocycles. The average molecular weight is 480 g/mol. The summed E-state index contributed by atoms with van der Waals surface area (Å²) >= 11 is 0. The largest absolute Gasteiger partial charge is 0.496 e. The molecule has 35 heavy (non-hydrogen) atoms. The molecule has 11 nitrogen and oxygen atoms in total. The predicted octanol–water partition coefficient (Wildman–Crippen LogP) is 1.71. The number of pyridine rings is 1. The molecule has 3 aromatic rings. The normalized spacial score (nSPS) is 10.4. The van der Waals surface area contributed by atoms with Gasteiger partial charge in [-0.25, -0.2) is 9.78 Å². The highest BCUT2D eigenvalue weighted by atomic mass is 16.5. The fraction of sp³-hybridized carbons (Fsp3) is 0.292. The Balaban J connectivity index is 1.57. The molecule has 0 aliphatic rings. The van der Waals surface area contributed by atoms with Gasteiger partial charge >= 0.3 is 6.03 Å². The van der Waals surface area contributed by atoms with Gasteiger partial charge < -0.3 is 15.4 Å². The minimum absolute atomic E-state index is 0.116. The van der Waals surface area contributed by atoms with Crippen molar-refractivity contribution in [3.63, 3.8) is 0 Å². The Morgan fingerprint density at radius 2 is 1.74 bits per heavy atom. The van der Waals surface area contributed by atoms with Crippen LogP contribution in [0.4, 0.5) is 10.6 Å². The number of aromatic nitrogens is 3. The lowest BCUT2D eigenvalue weighted by molar-refractivity contribution is -0.121. The van der Waals surface area contributed by atoms with Crippen LogP contribution >= 0.6 is 0 Å². The number of nitrogens with one attached hydrogen (secondary N) is 4. The molecule has 0 saturated heterocycles. The van der Waals surface area contributed by atoms with Crippen molar-refractivity contribution in [3.05, 3.63) is 81.2 Å². The number of nitrogens with zero attached hydrogens (tertiary/aromatic N) is 3. The molecule has 0 atom stereocenters. The molecule has 0 fully saturated rings. The van der Waals surface area contributed by atoms with E-state index < -0.39 is 11.6 Å². The molecule has 0 bridgehead atoms. The molecule has 3 amide bonds. The van der Waals surface area contributed by atoms with Crippen LogP contribution in [0, 0.1) is 20.8 Å². The zero-order chi connectivity index (χ0) is 25.4. The standard InChI is InChI=1S/C24H29N7O4/c1-15-9-10-18(17(3)28-15)12-25-21(32)14-31-16(2)11-26-22(23(31)33)29-30-24(34)27-13-19-7-5-6-8-20(19)35-4/h5-11H,12-14H2,1-4H3,(H,25,32)(H,26,29)(H2,27,30,34). The van der Waals surface area contributed by atoms with E-state index in [1.165, 1.54) is 10.8 Å². The number of amides is 3. The SMILES string of the molecule is COc1ccccc1CNC(=O)NNc1ncc(C)n(CC(=O)NCc2ccc(C)nc2C)c1=O. The summed E-state index contributed by atoms with van der Waals surface area (Å²) in [6, 6.07) is 10.5. The van der Waals surface area contributed by atoms with Crippen LogP contribution in [0.25, 0.3) is 0 Å². The van der Waals surface area contributed by atoms with E-state index in [1.807, 2.05) is 44.2 Å². The van der Waals surface area contributed by atoms with Gasteiger partial charge in [-0.3, -0.25) is 30.0 Å². The lowest BCUT2D eigenvalue weighted by atomic mass is 10.2. The minimum atomic E-state index is -0.566. The number of hydrazine groups is 1. The Kier molecular flexibility index (Phi) is 8.38. The summed E-state index contributed by atoms with van der Waals surface area (Å²) in [4.78, 5) is 45.9. The van der Waals surface area contributed by atoms with E-state index in [0.29, 0.717) is 18.0 Å². The second-order valence-electron chi connectivity index (χ2n) is 7.86. The zero-order valence-electron chi connectivity index (χ0n) is 20.1. The number of ether oxygens (including phenoxy) is 1. The molecule has 0 aliphatic carbocycles. The third-order valence-corrected chi connectivity index (χ3v) is 5.29. The number of hydrogen-bond acceptors (Lipinski definition) is 7. The Morgan fingerprint density at radius 1 is 1.00 bits per heavy atom. The number of rotatable bonds is 9. The lowest BCUT2D eigenvalue weighted by Crippen LogP contribution is -2.42. The molecule has 2 aromatic heterocycles. The number of methoxy groups -OCH3 is 1. The number of carbonyl (C=O) groups is 2. The van der Waals surface area contributed by atoms with Gasteiger partial charge in [-0.2, -0.15) is 0 Å². The molecule has 3 rings (SSSR count). The first-order valence-electron chi connectivity index (χ1n) is 11.0. The van der Waals surface area contributed by atoms with Gasteiger partial charge in [0.05, 0.1) is 7.11 Å². The van der Waals surface area contributed by atoms with Gasteiger partial charge in [0.2, 0.25) is 11.7 Å². The number of anilines is 1. The van der Waals surface area contributed by atoms with Crippen LogP contribution in [0.5, 0.6) is 5.75 Å². The number of carbonyl (C=O) groups excluding carboxylic acids is 2. The van der Waals surface area contributed by atoms with Gasteiger partial charge in [0.15, 0.2) is 0 Å². The van der Waals surface area contributed by atoms with Gasteiger partial charge in [0, 0.05) is 41.9 Å². The highest BCUT2D eigenvalue weighted by molar-refractivity contribution is 5.76. The summed E-state index contributed by atoms with van der Waals surface area (Å²) in [5.74, 6) is 0.195. The summed E-state index contributed by atoms with van der Waals surface area (Å²) in [7, 11) is 1.55. The summed E-state index contributed by atoms with van der Waals surface area (Å²) in [6.45, 7) is 5.78. The molecule has 4 N–H and O–H groups in total. The summed E-state index contributed by atoms with van der Waals surface area (Å²) < 4.78 is 6.53. The molecule has 0 radical (unpaired) electrons. The molecule has 11 heteroatoms. The van der Waals surface area contributed by atoms with Crippen LogP contribution < -0.4 is 31.8 Å². The molecule has 1 aromatic carbocycles. The molecule has 0 spiro atoms. The van der Waals surface area contributed by atoms with Crippen molar-refractivity contribution in [1.82, 2.24) is 30.6 Å². The fourth-order valence-corrected chi connectivity index (χ4v) is 3.33. The molecular weight excluding hydrogens is 450 g/mol. The lowest BCUT2D eigenvalue weighted by Gasteiger charge is -2.14. The van der Waals surface area contributed by atoms with Gasteiger partial charge in [-0.15, -0.1) is 0 Å². The topological polar surface area (TPSA) is 139 Å². The number of urea groups is 1. The van der Waals surface area contributed by atoms with E-state index >= 15 is 0 Å². The van der Waals surface area contributed by atoms with Crippen LogP contribution in [0.1, 0.15) is 28.2 Å². The van der Waals surface area contributed by atoms with Crippen LogP contribution in [0.2, 0.25) is 0 Å². The van der Waals surface area contributed by atoms with Gasteiger partial charge in [0.1, 0.15) is 12.3 Å². The first kappa shape index (κ1) is 25.2. The Hall–Kier alpha value is -4.41. The van der Waals surface area contributed by atoms with Crippen LogP contribution in [0.15, 0.2) is 47.4 Å². The Labute approximate surface area is 202 Å². The monoisotopic (exact) mass is 479 g/mol. The van der Waals surface area contributed by atoms with Gasteiger partial charge in [-0.05, 0) is 38.5 Å². The van der Waals surface area contributed by atoms with Crippen molar-refractivity contribution in [1.29, 1.82) is 0 Å². The smallest absolute Gasteiger partial charge is 0.333 e. The third-order valence-electron chi connectivity index (χ3n) is 5.29. The third kappa shape index (κ3) is 6.79. The molecule has 184 valence electrons. The molecule has 0 saturated carbocycles. The average Bonchev–Trinajstić information content (AvgIpc) is 2.84. The maximum Gasteiger partial charge on any atom is 0.333 e. The minimum Gasteiger partial charge on any atom is -0.496 e. The summed E-state index contributed by atoms with van der Waals surface area (Å²) in [6.07, 6.45) is 1.44. The van der Waals surface area contributed by atoms with Crippen molar-refractivity contribution < 1.29 is 14.3 Å². The van der Waals surface area contributed by atoms with Crippen molar-refractivity contribution in [2.45, 2.75) is 40.4 Å². The summed E-state index contributed by atoms with van der Waals surface area (Å²) in [5.41, 5.74) is 8.28. The number of hydrogen-bond donors (Lipinski definition) is 4. The Bertz CT molecular complexity index is 1270. The first-order chi connectivity index (χ1) is 16.8. The van der Waals surface area contributed by atoms with Crippen molar-refractivity contribution in [2.75, 3.05) is 12.5 Å². The van der Waals surface area contributed by atoms with E-state index in [9.17, 15) is 14.4 Å². The second-order valence-corrected chi connectivity index (χ2v) is 7.86. The van der Waals surface area contributed by atoms with E-state index in [-0.39, 0.29) is 24.8 Å². The molecule has 2 heterocycles. The quantitative estimate of drug-likeness (QED) is 0.343. The second kappa shape index (κ2) is 11.6. The van der Waals surface area contributed by atoms with E-state index in [2.05, 4.69) is 31.5 Å². The van der Waals surface area contributed by atoms with Crippen molar-refractivity contribution in [3.8, 4) is 5.75 Å². The number of aryl methyl sites for hydroxylation is 3. The van der Waals surface area contributed by atoms with Gasteiger partial charge in [0.25, 0.3) is 5.56 Å². The maximum atomic E-state index is 12.8. The number of benzene rings is 1. The van der Waals surface area contributed by atoms with E-state index in [4.69, 9.17) is 4.74 Å². The van der Waals surface area contributed by atoms with Crippen molar-refractivity contribution >= 4 is 17.8 Å². The highest BCUT2D eigenvalue weighted by Crippen LogP contribution is 2.16. The molecule has 0 unspecified atom stereocenters. The Morgan fingerprint density at radius 3 is 2.49 bits per heavy atom. The van der Waals surface area contributed by atoms with Crippen LogP contribution in [0.3, 0.4) is 0 Å². The fourth-order valence-electron chi connectivity index (χ4n) is 3.33. The first-order valence-corrected chi connectivity index (χ1v) is 11.0. The number of para-hydroxylation sites is 1. The molecular formula is C24H29N7O4.